The van der Waals surface area contributed by atoms with Crippen LogP contribution in [0.15, 0.2) is 12.1 Å². The van der Waals surface area contributed by atoms with Gasteiger partial charge in [0.25, 0.3) is 0 Å². The third kappa shape index (κ3) is 1.90. The highest BCUT2D eigenvalue weighted by molar-refractivity contribution is 5.45. The maximum Gasteiger partial charge on any atom is 0.0624 e. The SMILES string of the molecule is NC(CO)c1cc2c3c(c1)CCCC3CCC2. The van der Waals surface area contributed by atoms with E-state index in [0.717, 1.165) is 11.5 Å². The maximum absolute atomic E-state index is 9.20. The second kappa shape index (κ2) is 4.43. The van der Waals surface area contributed by atoms with Gasteiger partial charge in [0.05, 0.1) is 12.6 Å². The van der Waals surface area contributed by atoms with E-state index in [-0.39, 0.29) is 12.6 Å². The molecule has 0 aliphatic heterocycles. The van der Waals surface area contributed by atoms with Crippen molar-refractivity contribution >= 4 is 0 Å². The summed E-state index contributed by atoms with van der Waals surface area (Å²) >= 11 is 0. The Kier molecular flexibility index (Phi) is 2.93. The van der Waals surface area contributed by atoms with Crippen molar-refractivity contribution in [2.24, 2.45) is 5.73 Å². The Bertz CT molecular complexity index is 396. The number of hydrogen-bond donors (Lipinski definition) is 2. The third-order valence-electron chi connectivity index (χ3n) is 4.40. The van der Waals surface area contributed by atoms with Crippen molar-refractivity contribution in [3.63, 3.8) is 0 Å². The standard InChI is InChI=1S/C15H21NO/c16-14(9-17)13-7-11-5-1-3-10-4-2-6-12(8-13)15(10)11/h7-8,10,14,17H,1-6,9,16H2. The summed E-state index contributed by atoms with van der Waals surface area (Å²) in [5.74, 6) is 0.807. The molecule has 0 amide bonds. The Morgan fingerprint density at radius 2 is 1.76 bits per heavy atom. The minimum atomic E-state index is -0.209. The van der Waals surface area contributed by atoms with Crippen LogP contribution in [-0.2, 0) is 12.8 Å². The van der Waals surface area contributed by atoms with E-state index < -0.39 is 0 Å². The third-order valence-corrected chi connectivity index (χ3v) is 4.40. The smallest absolute Gasteiger partial charge is 0.0624 e. The normalized spacial score (nSPS) is 21.1. The predicted molar refractivity (Wildman–Crippen MR) is 69.1 cm³/mol. The Balaban J connectivity index is 2.08. The zero-order valence-corrected chi connectivity index (χ0v) is 10.3. The highest BCUT2D eigenvalue weighted by atomic mass is 16.3. The van der Waals surface area contributed by atoms with Crippen LogP contribution in [0.4, 0.5) is 0 Å². The number of aliphatic hydroxyl groups excluding tert-OH is 1. The van der Waals surface area contributed by atoms with E-state index in [1.165, 1.54) is 49.7 Å². The van der Waals surface area contributed by atoms with E-state index in [4.69, 9.17) is 5.73 Å². The number of aliphatic hydroxyl groups is 1. The van der Waals surface area contributed by atoms with Crippen LogP contribution in [-0.4, -0.2) is 11.7 Å². The van der Waals surface area contributed by atoms with E-state index in [1.807, 2.05) is 0 Å². The predicted octanol–water partition coefficient (Wildman–Crippen LogP) is 2.43. The first-order valence-electron chi connectivity index (χ1n) is 6.81. The van der Waals surface area contributed by atoms with Gasteiger partial charge in [-0.15, -0.1) is 0 Å². The fourth-order valence-corrected chi connectivity index (χ4v) is 3.57. The van der Waals surface area contributed by atoms with Gasteiger partial charge in [-0.3, -0.25) is 0 Å². The lowest BCUT2D eigenvalue weighted by Gasteiger charge is -2.33. The quantitative estimate of drug-likeness (QED) is 0.821. The summed E-state index contributed by atoms with van der Waals surface area (Å²) < 4.78 is 0. The molecule has 0 radical (unpaired) electrons. The van der Waals surface area contributed by atoms with Crippen molar-refractivity contribution in [3.8, 4) is 0 Å². The lowest BCUT2D eigenvalue weighted by Crippen LogP contribution is -2.20. The first-order valence-corrected chi connectivity index (χ1v) is 6.81. The molecule has 2 aliphatic carbocycles. The molecule has 1 unspecified atom stereocenters. The first-order chi connectivity index (χ1) is 8.29. The molecule has 1 aromatic carbocycles. The molecule has 2 nitrogen and oxygen atoms in total. The zero-order chi connectivity index (χ0) is 11.8. The molecular weight excluding hydrogens is 210 g/mol. The average molecular weight is 231 g/mol. The molecule has 1 atom stereocenters. The van der Waals surface area contributed by atoms with E-state index in [1.54, 1.807) is 5.56 Å². The van der Waals surface area contributed by atoms with Gasteiger partial charge in [0.15, 0.2) is 0 Å². The summed E-state index contributed by atoms with van der Waals surface area (Å²) in [6.07, 6.45) is 7.76. The second-order valence-corrected chi connectivity index (χ2v) is 5.52. The zero-order valence-electron chi connectivity index (χ0n) is 10.3. The Morgan fingerprint density at radius 1 is 1.18 bits per heavy atom. The highest BCUT2D eigenvalue weighted by Crippen LogP contribution is 2.42. The van der Waals surface area contributed by atoms with Gasteiger partial charge in [0, 0.05) is 0 Å². The molecule has 0 saturated carbocycles. The van der Waals surface area contributed by atoms with Gasteiger partial charge in [0.1, 0.15) is 0 Å². The van der Waals surface area contributed by atoms with Gasteiger partial charge < -0.3 is 10.8 Å². The Morgan fingerprint density at radius 3 is 2.29 bits per heavy atom. The van der Waals surface area contributed by atoms with E-state index >= 15 is 0 Å². The van der Waals surface area contributed by atoms with Gasteiger partial charge >= 0.3 is 0 Å². The summed E-state index contributed by atoms with van der Waals surface area (Å²) in [6, 6.07) is 4.29. The van der Waals surface area contributed by atoms with Gasteiger partial charge in [-0.25, -0.2) is 0 Å². The summed E-state index contributed by atoms with van der Waals surface area (Å²) in [6.45, 7) is 0.0433. The monoisotopic (exact) mass is 231 g/mol. The van der Waals surface area contributed by atoms with Crippen LogP contribution in [0.2, 0.25) is 0 Å². The number of aryl methyl sites for hydroxylation is 2. The second-order valence-electron chi connectivity index (χ2n) is 5.52. The van der Waals surface area contributed by atoms with Crippen molar-refractivity contribution in [1.29, 1.82) is 0 Å². The molecule has 0 heterocycles. The van der Waals surface area contributed by atoms with Crippen molar-refractivity contribution in [3.05, 3.63) is 34.4 Å². The van der Waals surface area contributed by atoms with Crippen molar-refractivity contribution in [1.82, 2.24) is 0 Å². The molecule has 0 fully saturated rings. The lowest BCUT2D eigenvalue weighted by atomic mass is 9.72. The number of rotatable bonds is 2. The Labute approximate surface area is 103 Å². The molecular formula is C15H21NO. The maximum atomic E-state index is 9.20. The molecule has 1 aromatic rings. The van der Waals surface area contributed by atoms with Crippen LogP contribution >= 0.6 is 0 Å². The van der Waals surface area contributed by atoms with E-state index in [2.05, 4.69) is 12.1 Å². The lowest BCUT2D eigenvalue weighted by molar-refractivity contribution is 0.268. The van der Waals surface area contributed by atoms with Gasteiger partial charge in [0.2, 0.25) is 0 Å². The summed E-state index contributed by atoms with van der Waals surface area (Å²) in [5, 5.41) is 9.20. The van der Waals surface area contributed by atoms with E-state index in [9.17, 15) is 5.11 Å². The van der Waals surface area contributed by atoms with Crippen LogP contribution in [0.1, 0.15) is 59.9 Å². The van der Waals surface area contributed by atoms with Crippen molar-refractivity contribution < 1.29 is 5.11 Å². The average Bonchev–Trinajstić information content (AvgIpc) is 2.38. The minimum absolute atomic E-state index is 0.0433. The minimum Gasteiger partial charge on any atom is -0.394 e. The molecule has 0 saturated heterocycles. The van der Waals surface area contributed by atoms with Crippen LogP contribution in [0, 0.1) is 0 Å². The molecule has 2 aliphatic rings. The fraction of sp³-hybridized carbons (Fsp3) is 0.600. The molecule has 0 aromatic heterocycles. The number of benzene rings is 1. The molecule has 3 N–H and O–H groups in total. The fourth-order valence-electron chi connectivity index (χ4n) is 3.57. The van der Waals surface area contributed by atoms with Gasteiger partial charge in [-0.2, -0.15) is 0 Å². The summed E-state index contributed by atoms with van der Waals surface area (Å²) in [5.41, 5.74) is 11.7. The molecule has 17 heavy (non-hydrogen) atoms. The van der Waals surface area contributed by atoms with Crippen molar-refractivity contribution in [2.75, 3.05) is 6.61 Å². The van der Waals surface area contributed by atoms with Gasteiger partial charge in [-0.05, 0) is 66.7 Å². The number of hydrogen-bond acceptors (Lipinski definition) is 2. The topological polar surface area (TPSA) is 46.2 Å². The van der Waals surface area contributed by atoms with Crippen LogP contribution in [0.5, 0.6) is 0 Å². The molecule has 2 heteroatoms. The van der Waals surface area contributed by atoms with Crippen molar-refractivity contribution in [2.45, 2.75) is 50.5 Å². The first kappa shape index (κ1) is 11.2. The summed E-state index contributed by atoms with van der Waals surface area (Å²) in [4.78, 5) is 0. The van der Waals surface area contributed by atoms with Crippen LogP contribution in [0.25, 0.3) is 0 Å². The highest BCUT2D eigenvalue weighted by Gasteiger charge is 2.27. The largest absolute Gasteiger partial charge is 0.394 e. The number of nitrogens with two attached hydrogens (primary N) is 1. The van der Waals surface area contributed by atoms with Crippen LogP contribution < -0.4 is 5.73 Å². The molecule has 3 rings (SSSR count). The van der Waals surface area contributed by atoms with E-state index in [0.29, 0.717) is 0 Å². The van der Waals surface area contributed by atoms with Crippen LogP contribution in [0.3, 0.4) is 0 Å². The molecule has 92 valence electrons. The molecule has 0 bridgehead atoms. The van der Waals surface area contributed by atoms with Gasteiger partial charge in [-0.1, -0.05) is 12.1 Å². The Hall–Kier alpha value is -0.860. The molecule has 0 spiro atoms. The summed E-state index contributed by atoms with van der Waals surface area (Å²) in [7, 11) is 0.